The van der Waals surface area contributed by atoms with Gasteiger partial charge in [0.25, 0.3) is 0 Å². The minimum absolute atomic E-state index is 0.0573. The zero-order valence-electron chi connectivity index (χ0n) is 16.6. The maximum Gasteiger partial charge on any atom is 0.226 e. The third-order valence-corrected chi connectivity index (χ3v) is 5.56. The number of hydrogen-bond donors (Lipinski definition) is 0. The Kier molecular flexibility index (Phi) is 5.57. The van der Waals surface area contributed by atoms with E-state index in [0.29, 0.717) is 24.9 Å². The number of amides is 1. The normalized spacial score (nSPS) is 20.4. The van der Waals surface area contributed by atoms with Gasteiger partial charge in [0, 0.05) is 37.4 Å². The fourth-order valence-corrected chi connectivity index (χ4v) is 4.02. The standard InChI is InChI=1S/C22H27N3O3/c1-15-6-3-4-8-19(15)28-20-14-16(2)23-21(24-20)18-7-5-11-25(18)22(26)17-9-12-27-13-10-17/h3-4,6,8,14,17-18H,5,7,9-13H2,1-2H3/t18-/m0/s1. The molecule has 1 aromatic heterocycles. The first-order chi connectivity index (χ1) is 13.6. The molecule has 28 heavy (non-hydrogen) atoms. The number of para-hydroxylation sites is 1. The summed E-state index contributed by atoms with van der Waals surface area (Å²) < 4.78 is 11.4. The third-order valence-electron chi connectivity index (χ3n) is 5.56. The molecule has 4 rings (SSSR count). The molecule has 148 valence electrons. The van der Waals surface area contributed by atoms with Crippen molar-refractivity contribution in [2.45, 2.75) is 45.6 Å². The van der Waals surface area contributed by atoms with Gasteiger partial charge in [0.05, 0.1) is 6.04 Å². The summed E-state index contributed by atoms with van der Waals surface area (Å²) in [6.07, 6.45) is 3.48. The van der Waals surface area contributed by atoms with Crippen molar-refractivity contribution in [2.24, 2.45) is 5.92 Å². The summed E-state index contributed by atoms with van der Waals surface area (Å²) >= 11 is 0. The van der Waals surface area contributed by atoms with E-state index >= 15 is 0 Å². The number of aryl methyl sites for hydroxylation is 2. The summed E-state index contributed by atoms with van der Waals surface area (Å²) in [7, 11) is 0. The monoisotopic (exact) mass is 381 g/mol. The van der Waals surface area contributed by atoms with Gasteiger partial charge in [-0.25, -0.2) is 4.98 Å². The first kappa shape index (κ1) is 18.9. The maximum atomic E-state index is 13.1. The van der Waals surface area contributed by atoms with E-state index in [-0.39, 0.29) is 17.9 Å². The molecule has 0 spiro atoms. The van der Waals surface area contributed by atoms with Crippen LogP contribution in [0.2, 0.25) is 0 Å². The summed E-state index contributed by atoms with van der Waals surface area (Å²) in [5, 5.41) is 0. The molecule has 2 aliphatic rings. The van der Waals surface area contributed by atoms with E-state index in [4.69, 9.17) is 9.47 Å². The second-order valence-corrected chi connectivity index (χ2v) is 7.65. The van der Waals surface area contributed by atoms with Crippen molar-refractivity contribution in [1.29, 1.82) is 0 Å². The lowest BCUT2D eigenvalue weighted by Gasteiger charge is -2.30. The highest BCUT2D eigenvalue weighted by Gasteiger charge is 2.36. The highest BCUT2D eigenvalue weighted by molar-refractivity contribution is 5.79. The van der Waals surface area contributed by atoms with Crippen molar-refractivity contribution in [3.05, 3.63) is 47.4 Å². The predicted octanol–water partition coefficient (Wildman–Crippen LogP) is 3.98. The van der Waals surface area contributed by atoms with E-state index < -0.39 is 0 Å². The molecule has 0 radical (unpaired) electrons. The number of likely N-dealkylation sites (tertiary alicyclic amines) is 1. The van der Waals surface area contributed by atoms with Crippen LogP contribution >= 0.6 is 0 Å². The van der Waals surface area contributed by atoms with Gasteiger partial charge in [0.2, 0.25) is 11.8 Å². The minimum Gasteiger partial charge on any atom is -0.439 e. The van der Waals surface area contributed by atoms with Gasteiger partial charge in [-0.2, -0.15) is 4.98 Å². The molecule has 6 heteroatoms. The van der Waals surface area contributed by atoms with Crippen LogP contribution < -0.4 is 4.74 Å². The molecule has 1 atom stereocenters. The molecule has 2 fully saturated rings. The predicted molar refractivity (Wildman–Crippen MR) is 105 cm³/mol. The molecule has 3 heterocycles. The molecule has 0 unspecified atom stereocenters. The Labute approximate surface area is 165 Å². The van der Waals surface area contributed by atoms with Crippen molar-refractivity contribution in [2.75, 3.05) is 19.8 Å². The van der Waals surface area contributed by atoms with E-state index in [1.54, 1.807) is 0 Å². The molecule has 0 aliphatic carbocycles. The van der Waals surface area contributed by atoms with E-state index in [2.05, 4.69) is 9.97 Å². The smallest absolute Gasteiger partial charge is 0.226 e. The Morgan fingerprint density at radius 3 is 2.71 bits per heavy atom. The zero-order valence-corrected chi connectivity index (χ0v) is 16.6. The molecule has 6 nitrogen and oxygen atoms in total. The Hall–Kier alpha value is -2.47. The SMILES string of the molecule is Cc1cc(Oc2ccccc2C)nc([C@@H]2CCCN2C(=O)C2CCOCC2)n1. The number of benzene rings is 1. The van der Waals surface area contributed by atoms with Gasteiger partial charge in [-0.05, 0) is 51.2 Å². The van der Waals surface area contributed by atoms with Crippen LogP contribution in [0.3, 0.4) is 0 Å². The molecule has 0 N–H and O–H groups in total. The quantitative estimate of drug-likeness (QED) is 0.802. The van der Waals surface area contributed by atoms with Gasteiger partial charge >= 0.3 is 0 Å². The van der Waals surface area contributed by atoms with Crippen LogP contribution in [-0.2, 0) is 9.53 Å². The fourth-order valence-electron chi connectivity index (χ4n) is 4.02. The van der Waals surface area contributed by atoms with Gasteiger partial charge in [0.1, 0.15) is 5.75 Å². The number of ether oxygens (including phenoxy) is 2. The number of nitrogens with zero attached hydrogens (tertiary/aromatic N) is 3. The molecule has 0 saturated carbocycles. The van der Waals surface area contributed by atoms with Crippen LogP contribution in [0.5, 0.6) is 11.6 Å². The van der Waals surface area contributed by atoms with Gasteiger partial charge in [0.15, 0.2) is 5.82 Å². The Bertz CT molecular complexity index is 849. The highest BCUT2D eigenvalue weighted by atomic mass is 16.5. The van der Waals surface area contributed by atoms with Crippen LogP contribution in [0.25, 0.3) is 0 Å². The molecule has 1 amide bonds. The lowest BCUT2D eigenvalue weighted by Crippen LogP contribution is -2.38. The van der Waals surface area contributed by atoms with Gasteiger partial charge < -0.3 is 14.4 Å². The fraction of sp³-hybridized carbons (Fsp3) is 0.500. The van der Waals surface area contributed by atoms with E-state index in [0.717, 1.165) is 49.2 Å². The van der Waals surface area contributed by atoms with E-state index in [9.17, 15) is 4.79 Å². The van der Waals surface area contributed by atoms with Crippen molar-refractivity contribution in [1.82, 2.24) is 14.9 Å². The number of rotatable bonds is 4. The molecule has 2 aliphatic heterocycles. The summed E-state index contributed by atoms with van der Waals surface area (Å²) in [6.45, 7) is 6.06. The lowest BCUT2D eigenvalue weighted by molar-refractivity contribution is -0.139. The largest absolute Gasteiger partial charge is 0.439 e. The minimum atomic E-state index is -0.0746. The Morgan fingerprint density at radius 1 is 1.14 bits per heavy atom. The highest BCUT2D eigenvalue weighted by Crippen LogP contribution is 2.34. The number of hydrogen-bond acceptors (Lipinski definition) is 5. The van der Waals surface area contributed by atoms with Gasteiger partial charge in [-0.15, -0.1) is 0 Å². The average molecular weight is 381 g/mol. The Balaban J connectivity index is 1.56. The zero-order chi connectivity index (χ0) is 19.5. The molecule has 2 saturated heterocycles. The number of carbonyl (C=O) groups is 1. The van der Waals surface area contributed by atoms with Crippen LogP contribution in [0.4, 0.5) is 0 Å². The van der Waals surface area contributed by atoms with Crippen LogP contribution in [-0.4, -0.2) is 40.5 Å². The van der Waals surface area contributed by atoms with Gasteiger partial charge in [-0.3, -0.25) is 4.79 Å². The summed E-state index contributed by atoms with van der Waals surface area (Å²) in [5.41, 5.74) is 1.90. The average Bonchev–Trinajstić information content (AvgIpc) is 3.19. The Morgan fingerprint density at radius 2 is 1.93 bits per heavy atom. The summed E-state index contributed by atoms with van der Waals surface area (Å²) in [6, 6.07) is 9.64. The molecular weight excluding hydrogens is 354 g/mol. The summed E-state index contributed by atoms with van der Waals surface area (Å²) in [5.74, 6) is 2.27. The van der Waals surface area contributed by atoms with Crippen molar-refractivity contribution >= 4 is 5.91 Å². The van der Waals surface area contributed by atoms with E-state index in [1.165, 1.54) is 0 Å². The second-order valence-electron chi connectivity index (χ2n) is 7.65. The van der Waals surface area contributed by atoms with Crippen LogP contribution in [0, 0.1) is 19.8 Å². The van der Waals surface area contributed by atoms with Crippen molar-refractivity contribution < 1.29 is 14.3 Å². The molecular formula is C22H27N3O3. The van der Waals surface area contributed by atoms with Crippen LogP contribution in [0.1, 0.15) is 48.8 Å². The maximum absolute atomic E-state index is 13.1. The topological polar surface area (TPSA) is 64.5 Å². The first-order valence-corrected chi connectivity index (χ1v) is 10.1. The number of aromatic nitrogens is 2. The second kappa shape index (κ2) is 8.27. The lowest BCUT2D eigenvalue weighted by atomic mass is 9.98. The third kappa shape index (κ3) is 4.02. The van der Waals surface area contributed by atoms with Crippen molar-refractivity contribution in [3.8, 4) is 11.6 Å². The summed E-state index contributed by atoms with van der Waals surface area (Å²) in [4.78, 5) is 24.4. The number of carbonyl (C=O) groups excluding carboxylic acids is 1. The first-order valence-electron chi connectivity index (χ1n) is 10.1. The van der Waals surface area contributed by atoms with Crippen LogP contribution in [0.15, 0.2) is 30.3 Å². The molecule has 2 aromatic rings. The van der Waals surface area contributed by atoms with Gasteiger partial charge in [-0.1, -0.05) is 18.2 Å². The molecule has 0 bridgehead atoms. The molecule has 1 aromatic carbocycles. The van der Waals surface area contributed by atoms with Crippen molar-refractivity contribution in [3.63, 3.8) is 0 Å². The van der Waals surface area contributed by atoms with E-state index in [1.807, 2.05) is 49.1 Å².